The molecule has 1 amide bonds. The average Bonchev–Trinajstić information content (AvgIpc) is 2.38. The number of unbranched alkanes of at least 4 members (excludes halogenated alkanes) is 1. The molecule has 0 unspecified atom stereocenters. The maximum atomic E-state index is 11.7. The van der Waals surface area contributed by atoms with Crippen molar-refractivity contribution in [1.29, 1.82) is 0 Å². The van der Waals surface area contributed by atoms with Gasteiger partial charge in [0.15, 0.2) is 0 Å². The van der Waals surface area contributed by atoms with Gasteiger partial charge in [-0.05, 0) is 24.9 Å². The summed E-state index contributed by atoms with van der Waals surface area (Å²) in [5.41, 5.74) is 0.349. The van der Waals surface area contributed by atoms with E-state index in [9.17, 15) is 4.79 Å². The lowest BCUT2D eigenvalue weighted by Gasteiger charge is -2.05. The molecule has 0 atom stereocenters. The van der Waals surface area contributed by atoms with E-state index < -0.39 is 0 Å². The number of rotatable bonds is 7. The summed E-state index contributed by atoms with van der Waals surface area (Å²) < 4.78 is 0. The van der Waals surface area contributed by atoms with Crippen LogP contribution in [0.1, 0.15) is 23.3 Å². The monoisotopic (exact) mass is 254 g/mol. The van der Waals surface area contributed by atoms with E-state index in [1.54, 1.807) is 13.2 Å². The molecule has 1 aromatic rings. The molecule has 0 aliphatic rings. The topological polar surface area (TPSA) is 66.9 Å². The van der Waals surface area contributed by atoms with Crippen LogP contribution in [0.25, 0.3) is 0 Å². The summed E-state index contributed by atoms with van der Waals surface area (Å²) in [4.78, 5) is 19.8. The van der Waals surface area contributed by atoms with Crippen molar-refractivity contribution < 1.29 is 4.79 Å². The number of carbonyl (C=O) groups excluding carboxylic acids is 1. The first-order chi connectivity index (χ1) is 8.27. The molecule has 0 aromatic carbocycles. The molecule has 0 spiro atoms. The minimum Gasteiger partial charge on any atom is -0.372 e. The van der Waals surface area contributed by atoms with Crippen LogP contribution in [-0.2, 0) is 0 Å². The molecule has 0 aliphatic heterocycles. The number of hydrogen-bond donors (Lipinski definition) is 2. The average molecular weight is 254 g/mol. The van der Waals surface area contributed by atoms with E-state index in [0.29, 0.717) is 18.1 Å². The summed E-state index contributed by atoms with van der Waals surface area (Å²) in [6.45, 7) is 0.685. The maximum absolute atomic E-state index is 11.7. The van der Waals surface area contributed by atoms with Crippen LogP contribution < -0.4 is 10.6 Å². The summed E-state index contributed by atoms with van der Waals surface area (Å²) >= 11 is 1.82. The largest absolute Gasteiger partial charge is 0.372 e. The SMILES string of the molecule is CNc1cncc(C(=O)NCCCCSC)n1. The Hall–Kier alpha value is -1.30. The number of nitrogens with one attached hydrogen (secondary N) is 2. The summed E-state index contributed by atoms with van der Waals surface area (Å²) in [5.74, 6) is 1.56. The van der Waals surface area contributed by atoms with Crippen molar-refractivity contribution in [3.05, 3.63) is 18.1 Å². The molecule has 0 fully saturated rings. The molecule has 1 aromatic heterocycles. The fraction of sp³-hybridized carbons (Fsp3) is 0.545. The van der Waals surface area contributed by atoms with E-state index in [0.717, 1.165) is 18.6 Å². The minimum atomic E-state index is -0.168. The zero-order valence-corrected chi connectivity index (χ0v) is 11.0. The Balaban J connectivity index is 2.36. The van der Waals surface area contributed by atoms with Gasteiger partial charge in [-0.1, -0.05) is 0 Å². The van der Waals surface area contributed by atoms with Crippen molar-refractivity contribution in [2.45, 2.75) is 12.8 Å². The number of nitrogens with zero attached hydrogens (tertiary/aromatic N) is 2. The van der Waals surface area contributed by atoms with Crippen LogP contribution in [-0.4, -0.2) is 41.5 Å². The number of thioether (sulfide) groups is 1. The highest BCUT2D eigenvalue weighted by Crippen LogP contribution is 2.01. The minimum absolute atomic E-state index is 0.168. The lowest BCUT2D eigenvalue weighted by molar-refractivity contribution is 0.0948. The molecular weight excluding hydrogens is 236 g/mol. The molecule has 1 heterocycles. The fourth-order valence-electron chi connectivity index (χ4n) is 1.26. The van der Waals surface area contributed by atoms with E-state index in [2.05, 4.69) is 26.9 Å². The smallest absolute Gasteiger partial charge is 0.271 e. The second-order valence-corrected chi connectivity index (χ2v) is 4.48. The summed E-state index contributed by atoms with van der Waals surface area (Å²) in [6.07, 6.45) is 7.24. The molecule has 0 saturated carbocycles. The third kappa shape index (κ3) is 5.04. The standard InChI is InChI=1S/C11H18N4OS/c1-12-10-8-13-7-9(15-10)11(16)14-5-3-4-6-17-2/h7-8H,3-6H2,1-2H3,(H,12,15)(H,14,16). The van der Waals surface area contributed by atoms with Crippen molar-refractivity contribution in [3.63, 3.8) is 0 Å². The van der Waals surface area contributed by atoms with Gasteiger partial charge in [-0.2, -0.15) is 11.8 Å². The van der Waals surface area contributed by atoms with Gasteiger partial charge in [0.05, 0.1) is 12.4 Å². The van der Waals surface area contributed by atoms with Crippen LogP contribution >= 0.6 is 11.8 Å². The summed E-state index contributed by atoms with van der Waals surface area (Å²) in [6, 6.07) is 0. The number of aromatic nitrogens is 2. The molecule has 0 aliphatic carbocycles. The Bertz CT molecular complexity index is 359. The molecule has 0 bridgehead atoms. The van der Waals surface area contributed by atoms with Gasteiger partial charge in [-0.15, -0.1) is 0 Å². The van der Waals surface area contributed by atoms with Crippen LogP contribution in [0, 0.1) is 0 Å². The second-order valence-electron chi connectivity index (χ2n) is 3.50. The van der Waals surface area contributed by atoms with E-state index in [-0.39, 0.29) is 5.91 Å². The Morgan fingerprint density at radius 1 is 1.41 bits per heavy atom. The van der Waals surface area contributed by atoms with Gasteiger partial charge < -0.3 is 10.6 Å². The van der Waals surface area contributed by atoms with Gasteiger partial charge >= 0.3 is 0 Å². The Morgan fingerprint density at radius 2 is 2.24 bits per heavy atom. The van der Waals surface area contributed by atoms with Crippen LogP contribution in [0.5, 0.6) is 0 Å². The highest BCUT2D eigenvalue weighted by atomic mass is 32.2. The fourth-order valence-corrected chi connectivity index (χ4v) is 1.75. The molecule has 17 heavy (non-hydrogen) atoms. The van der Waals surface area contributed by atoms with Crippen molar-refractivity contribution >= 4 is 23.5 Å². The third-order valence-corrected chi connectivity index (χ3v) is 2.88. The molecule has 5 nitrogen and oxygen atoms in total. The highest BCUT2D eigenvalue weighted by Gasteiger charge is 2.07. The molecule has 94 valence electrons. The first kappa shape index (κ1) is 13.8. The predicted molar refractivity (Wildman–Crippen MR) is 71.5 cm³/mol. The number of hydrogen-bond acceptors (Lipinski definition) is 5. The number of carbonyl (C=O) groups is 1. The maximum Gasteiger partial charge on any atom is 0.271 e. The molecule has 2 N–H and O–H groups in total. The lowest BCUT2D eigenvalue weighted by Crippen LogP contribution is -2.25. The molecule has 1 rings (SSSR count). The first-order valence-electron chi connectivity index (χ1n) is 5.55. The van der Waals surface area contributed by atoms with Crippen LogP contribution in [0.15, 0.2) is 12.4 Å². The van der Waals surface area contributed by atoms with Crippen molar-refractivity contribution in [3.8, 4) is 0 Å². The van der Waals surface area contributed by atoms with Gasteiger partial charge in [-0.25, -0.2) is 4.98 Å². The summed E-state index contributed by atoms with van der Waals surface area (Å²) in [7, 11) is 1.74. The highest BCUT2D eigenvalue weighted by molar-refractivity contribution is 7.98. The quantitative estimate of drug-likeness (QED) is 0.720. The van der Waals surface area contributed by atoms with Gasteiger partial charge in [0.2, 0.25) is 0 Å². The van der Waals surface area contributed by atoms with E-state index >= 15 is 0 Å². The van der Waals surface area contributed by atoms with Gasteiger partial charge in [0.25, 0.3) is 5.91 Å². The number of amides is 1. The second kappa shape index (κ2) is 7.89. The number of anilines is 1. The van der Waals surface area contributed by atoms with Crippen molar-refractivity contribution in [2.75, 3.05) is 30.9 Å². The van der Waals surface area contributed by atoms with Crippen molar-refractivity contribution in [1.82, 2.24) is 15.3 Å². The molecular formula is C11H18N4OS. The first-order valence-corrected chi connectivity index (χ1v) is 6.94. The third-order valence-electron chi connectivity index (χ3n) is 2.18. The van der Waals surface area contributed by atoms with Crippen LogP contribution in [0.4, 0.5) is 5.82 Å². The molecule has 0 saturated heterocycles. The molecule has 6 heteroatoms. The van der Waals surface area contributed by atoms with E-state index in [4.69, 9.17) is 0 Å². The molecule has 0 radical (unpaired) electrons. The van der Waals surface area contributed by atoms with Gasteiger partial charge in [0.1, 0.15) is 11.5 Å². The normalized spacial score (nSPS) is 10.0. The predicted octanol–water partition coefficient (Wildman–Crippen LogP) is 1.39. The lowest BCUT2D eigenvalue weighted by atomic mass is 10.3. The van der Waals surface area contributed by atoms with Gasteiger partial charge in [0, 0.05) is 13.6 Å². The van der Waals surface area contributed by atoms with E-state index in [1.165, 1.54) is 6.20 Å². The zero-order chi connectivity index (χ0) is 12.5. The van der Waals surface area contributed by atoms with Gasteiger partial charge in [-0.3, -0.25) is 9.78 Å². The van der Waals surface area contributed by atoms with Crippen LogP contribution in [0.2, 0.25) is 0 Å². The van der Waals surface area contributed by atoms with E-state index in [1.807, 2.05) is 11.8 Å². The zero-order valence-electron chi connectivity index (χ0n) is 10.2. The Morgan fingerprint density at radius 3 is 2.94 bits per heavy atom. The summed E-state index contributed by atoms with van der Waals surface area (Å²) in [5, 5.41) is 5.68. The van der Waals surface area contributed by atoms with Crippen molar-refractivity contribution in [2.24, 2.45) is 0 Å². The Labute approximate surface area is 106 Å². The Kier molecular flexibility index (Phi) is 6.39. The van der Waals surface area contributed by atoms with Crippen LogP contribution in [0.3, 0.4) is 0 Å².